The van der Waals surface area contributed by atoms with Gasteiger partial charge in [0.1, 0.15) is 5.75 Å². The Morgan fingerprint density at radius 3 is 2.64 bits per heavy atom. The van der Waals surface area contributed by atoms with E-state index in [1.807, 2.05) is 0 Å². The third-order valence-electron chi connectivity index (χ3n) is 5.29. The van der Waals surface area contributed by atoms with Crippen LogP contribution >= 0.6 is 11.8 Å². The van der Waals surface area contributed by atoms with E-state index in [4.69, 9.17) is 9.47 Å². The number of para-hydroxylation sites is 1. The van der Waals surface area contributed by atoms with Gasteiger partial charge in [0.05, 0.1) is 31.8 Å². The first-order valence-corrected chi connectivity index (χ1v) is 11.3. The maximum absolute atomic E-state index is 14.1. The van der Waals surface area contributed by atoms with Crippen LogP contribution in [-0.2, 0) is 14.3 Å². The summed E-state index contributed by atoms with van der Waals surface area (Å²) in [5.41, 5.74) is -1.19. The molecule has 0 saturated heterocycles. The van der Waals surface area contributed by atoms with Crippen LogP contribution in [0.25, 0.3) is 0 Å². The molecule has 11 heteroatoms. The average Bonchev–Trinajstić information content (AvgIpc) is 3.50. The van der Waals surface area contributed by atoms with Gasteiger partial charge < -0.3 is 19.7 Å². The number of allylic oxidation sites excluding steroid dienone is 1. The van der Waals surface area contributed by atoms with E-state index in [0.29, 0.717) is 17.0 Å². The van der Waals surface area contributed by atoms with E-state index < -0.39 is 29.5 Å². The highest BCUT2D eigenvalue weighted by Crippen LogP contribution is 2.49. The molecule has 3 aliphatic rings. The van der Waals surface area contributed by atoms with Crippen LogP contribution in [0.15, 0.2) is 51.6 Å². The summed E-state index contributed by atoms with van der Waals surface area (Å²) in [5.74, 6) is -1.07. The zero-order valence-corrected chi connectivity index (χ0v) is 18.8. The number of benzene rings is 1. The Morgan fingerprint density at radius 2 is 2.00 bits per heavy atom. The summed E-state index contributed by atoms with van der Waals surface area (Å²) in [6.45, 7) is 1.41. The van der Waals surface area contributed by atoms with E-state index >= 15 is 0 Å². The minimum absolute atomic E-state index is 0.0282. The lowest BCUT2D eigenvalue weighted by atomic mass is 9.92. The van der Waals surface area contributed by atoms with Crippen molar-refractivity contribution in [3.8, 4) is 5.75 Å². The van der Waals surface area contributed by atoms with E-state index in [1.165, 1.54) is 18.9 Å². The number of esters is 1. The molecule has 1 aromatic rings. The van der Waals surface area contributed by atoms with E-state index in [2.05, 4.69) is 10.3 Å². The number of alkyl halides is 3. The van der Waals surface area contributed by atoms with Crippen LogP contribution < -0.4 is 10.1 Å². The molecule has 1 fully saturated rings. The Morgan fingerprint density at radius 1 is 1.27 bits per heavy atom. The maximum atomic E-state index is 14.1. The van der Waals surface area contributed by atoms with Crippen LogP contribution in [-0.4, -0.2) is 47.9 Å². The summed E-state index contributed by atoms with van der Waals surface area (Å²) >= 11 is 0.977. The summed E-state index contributed by atoms with van der Waals surface area (Å²) < 4.78 is 52.6. The molecule has 2 heterocycles. The standard InChI is InChI=1S/C22H22F3N3O4S/c1-3-32-20(30)17-18(14-6-4-5-7-15(14)31-2)28-13(10-16(29)26-12-8-9-12)11-33-21(28)27-19(17)22(23,24)25/h4-7,11-12,18H,3,8-10H2,1-2H3,(H,26,29)/t18-/m1/s1. The topological polar surface area (TPSA) is 80.2 Å². The Balaban J connectivity index is 1.84. The molecule has 1 aromatic carbocycles. The van der Waals surface area contributed by atoms with Crippen LogP contribution in [0, 0.1) is 0 Å². The predicted molar refractivity (Wildman–Crippen MR) is 116 cm³/mol. The quantitative estimate of drug-likeness (QED) is 0.592. The lowest BCUT2D eigenvalue weighted by Crippen LogP contribution is -2.40. The molecule has 0 unspecified atom stereocenters. The maximum Gasteiger partial charge on any atom is 0.434 e. The molecular weight excluding hydrogens is 459 g/mol. The van der Waals surface area contributed by atoms with Crippen molar-refractivity contribution in [2.45, 2.75) is 44.4 Å². The largest absolute Gasteiger partial charge is 0.496 e. The summed E-state index contributed by atoms with van der Waals surface area (Å²) in [5, 5.41) is 4.50. The van der Waals surface area contributed by atoms with Gasteiger partial charge in [0.2, 0.25) is 5.91 Å². The number of nitrogens with one attached hydrogen (secondary N) is 1. The Kier molecular flexibility index (Phi) is 6.42. The third-order valence-corrected chi connectivity index (χ3v) is 6.18. The molecule has 0 radical (unpaired) electrons. The zero-order chi connectivity index (χ0) is 23.8. The number of carbonyl (C=O) groups excluding carboxylic acids is 2. The number of amides is 1. The van der Waals surface area contributed by atoms with Gasteiger partial charge in [-0.25, -0.2) is 9.79 Å². The number of nitrogens with zero attached hydrogens (tertiary/aromatic N) is 2. The number of fused-ring (bicyclic) bond motifs is 1. The van der Waals surface area contributed by atoms with Crippen LogP contribution in [0.5, 0.6) is 5.75 Å². The van der Waals surface area contributed by atoms with Gasteiger partial charge in [0, 0.05) is 17.3 Å². The number of hydrogen-bond donors (Lipinski definition) is 1. The van der Waals surface area contributed by atoms with Gasteiger partial charge in [-0.1, -0.05) is 30.0 Å². The van der Waals surface area contributed by atoms with Gasteiger partial charge in [-0.05, 0) is 31.2 Å². The molecule has 1 aliphatic carbocycles. The molecule has 4 rings (SSSR count). The molecule has 33 heavy (non-hydrogen) atoms. The number of aliphatic imine (C=N–C) groups is 1. The SMILES string of the molecule is CCOC(=O)C1=C(C(F)(F)F)N=C2SC=C(CC(=O)NC3CC3)N2[C@@H]1c1ccccc1OC. The van der Waals surface area contributed by atoms with E-state index in [-0.39, 0.29) is 30.1 Å². The molecular formula is C22H22F3N3O4S. The van der Waals surface area contributed by atoms with Gasteiger partial charge in [-0.2, -0.15) is 13.2 Å². The summed E-state index contributed by atoms with van der Waals surface area (Å²) in [4.78, 5) is 30.7. The van der Waals surface area contributed by atoms with Crippen molar-refractivity contribution in [1.82, 2.24) is 10.2 Å². The fourth-order valence-corrected chi connectivity index (χ4v) is 4.66. The van der Waals surface area contributed by atoms with Crippen molar-refractivity contribution >= 4 is 28.8 Å². The van der Waals surface area contributed by atoms with Crippen LogP contribution in [0.2, 0.25) is 0 Å². The second-order valence-electron chi connectivity index (χ2n) is 7.63. The Hall–Kier alpha value is -2.95. The predicted octanol–water partition coefficient (Wildman–Crippen LogP) is 4.04. The van der Waals surface area contributed by atoms with Crippen molar-refractivity contribution in [2.75, 3.05) is 13.7 Å². The number of carbonyl (C=O) groups is 2. The van der Waals surface area contributed by atoms with Crippen molar-refractivity contribution < 1.29 is 32.2 Å². The fraction of sp³-hybridized carbons (Fsp3) is 0.409. The summed E-state index contributed by atoms with van der Waals surface area (Å²) in [6, 6.07) is 5.41. The number of ether oxygens (including phenoxy) is 2. The highest BCUT2D eigenvalue weighted by molar-refractivity contribution is 8.16. The van der Waals surface area contributed by atoms with Crippen molar-refractivity contribution in [1.29, 1.82) is 0 Å². The number of halogens is 3. The summed E-state index contributed by atoms with van der Waals surface area (Å²) in [6.07, 6.45) is -3.14. The first-order chi connectivity index (χ1) is 15.7. The summed E-state index contributed by atoms with van der Waals surface area (Å²) in [7, 11) is 1.40. The lowest BCUT2D eigenvalue weighted by Gasteiger charge is -2.37. The molecule has 1 saturated carbocycles. The highest BCUT2D eigenvalue weighted by atomic mass is 32.2. The molecule has 1 atom stereocenters. The van der Waals surface area contributed by atoms with Crippen molar-refractivity contribution in [3.05, 3.63) is 52.2 Å². The fourth-order valence-electron chi connectivity index (χ4n) is 3.75. The van der Waals surface area contributed by atoms with Gasteiger partial charge in [-0.15, -0.1) is 0 Å². The molecule has 1 amide bonds. The molecule has 176 valence electrons. The van der Waals surface area contributed by atoms with Crippen LogP contribution in [0.1, 0.15) is 37.8 Å². The van der Waals surface area contributed by atoms with E-state index in [9.17, 15) is 22.8 Å². The smallest absolute Gasteiger partial charge is 0.434 e. The van der Waals surface area contributed by atoms with Gasteiger partial charge in [0.25, 0.3) is 0 Å². The van der Waals surface area contributed by atoms with Gasteiger partial charge in [-0.3, -0.25) is 4.79 Å². The first kappa shape index (κ1) is 23.2. The van der Waals surface area contributed by atoms with E-state index in [1.54, 1.807) is 29.7 Å². The number of thioether (sulfide) groups is 1. The zero-order valence-electron chi connectivity index (χ0n) is 17.9. The number of rotatable bonds is 7. The first-order valence-electron chi connectivity index (χ1n) is 10.4. The molecule has 0 bridgehead atoms. The molecule has 2 aliphatic heterocycles. The average molecular weight is 481 g/mol. The van der Waals surface area contributed by atoms with Crippen molar-refractivity contribution in [3.63, 3.8) is 0 Å². The molecule has 0 aromatic heterocycles. The van der Waals surface area contributed by atoms with Crippen LogP contribution in [0.3, 0.4) is 0 Å². The van der Waals surface area contributed by atoms with Crippen molar-refractivity contribution in [2.24, 2.45) is 4.99 Å². The highest BCUT2D eigenvalue weighted by Gasteiger charge is 2.50. The second kappa shape index (κ2) is 9.12. The number of hydrogen-bond acceptors (Lipinski definition) is 7. The second-order valence-corrected chi connectivity index (χ2v) is 8.47. The normalized spacial score (nSPS) is 20.2. The molecule has 1 N–H and O–H groups in total. The van der Waals surface area contributed by atoms with E-state index in [0.717, 1.165) is 24.6 Å². The third kappa shape index (κ3) is 4.73. The minimum Gasteiger partial charge on any atom is -0.496 e. The lowest BCUT2D eigenvalue weighted by molar-refractivity contribution is -0.140. The monoisotopic (exact) mass is 481 g/mol. The van der Waals surface area contributed by atoms with Gasteiger partial charge >= 0.3 is 12.1 Å². The van der Waals surface area contributed by atoms with Crippen LogP contribution in [0.4, 0.5) is 13.2 Å². The Labute approximate surface area is 192 Å². The molecule has 7 nitrogen and oxygen atoms in total. The van der Waals surface area contributed by atoms with Gasteiger partial charge in [0.15, 0.2) is 10.9 Å². The molecule has 0 spiro atoms. The minimum atomic E-state index is -4.89. The Bertz CT molecular complexity index is 1060. The number of amidine groups is 1. The number of methoxy groups -OCH3 is 1.